The molecule has 148 valence electrons. The summed E-state index contributed by atoms with van der Waals surface area (Å²) < 4.78 is 33.5. The van der Waals surface area contributed by atoms with Gasteiger partial charge in [0, 0.05) is 23.2 Å². The molecule has 6 nitrogen and oxygen atoms in total. The van der Waals surface area contributed by atoms with Crippen molar-refractivity contribution in [2.75, 3.05) is 11.4 Å². The first-order valence-electron chi connectivity index (χ1n) is 8.58. The van der Waals surface area contributed by atoms with E-state index in [0.717, 1.165) is 5.56 Å². The molecule has 0 aliphatic rings. The van der Waals surface area contributed by atoms with E-state index in [2.05, 4.69) is 9.97 Å². The van der Waals surface area contributed by atoms with Crippen molar-refractivity contribution in [3.63, 3.8) is 0 Å². The molecular formula is C20H16ClN3O3S2. The molecule has 0 saturated heterocycles. The Bertz CT molecular complexity index is 1240. The van der Waals surface area contributed by atoms with Gasteiger partial charge in [-0.15, -0.1) is 11.3 Å². The second kappa shape index (κ2) is 7.98. The fourth-order valence-corrected chi connectivity index (χ4v) is 5.39. The average molecular weight is 446 g/mol. The summed E-state index contributed by atoms with van der Waals surface area (Å²) in [6, 6.07) is 13.7. The Morgan fingerprint density at radius 2 is 1.86 bits per heavy atom. The predicted molar refractivity (Wildman–Crippen MR) is 115 cm³/mol. The van der Waals surface area contributed by atoms with E-state index < -0.39 is 10.0 Å². The monoisotopic (exact) mass is 445 g/mol. The zero-order chi connectivity index (χ0) is 20.4. The van der Waals surface area contributed by atoms with Crippen LogP contribution in [-0.2, 0) is 16.6 Å². The molecule has 0 radical (unpaired) electrons. The molecule has 4 aromatic rings. The maximum Gasteiger partial charge on any atom is 0.266 e. The SMILES string of the molecule is COc1ccc(CN(c2nccs2)S(=O)(=O)c2ccc3c(Cl)ccnc3c2)cc1. The lowest BCUT2D eigenvalue weighted by Crippen LogP contribution is -2.30. The molecule has 0 bridgehead atoms. The van der Waals surface area contributed by atoms with Crippen molar-refractivity contribution in [2.24, 2.45) is 0 Å². The summed E-state index contributed by atoms with van der Waals surface area (Å²) in [7, 11) is -2.29. The largest absolute Gasteiger partial charge is 0.497 e. The van der Waals surface area contributed by atoms with Crippen LogP contribution in [0.3, 0.4) is 0 Å². The third-order valence-electron chi connectivity index (χ3n) is 4.37. The number of rotatable bonds is 6. The molecule has 4 rings (SSSR count). The Morgan fingerprint density at radius 3 is 2.55 bits per heavy atom. The number of pyridine rings is 1. The number of hydrogen-bond acceptors (Lipinski definition) is 6. The lowest BCUT2D eigenvalue weighted by atomic mass is 10.2. The molecule has 0 saturated carbocycles. The quantitative estimate of drug-likeness (QED) is 0.428. The number of aromatic nitrogens is 2. The van der Waals surface area contributed by atoms with Gasteiger partial charge in [0.1, 0.15) is 5.75 Å². The van der Waals surface area contributed by atoms with Gasteiger partial charge < -0.3 is 4.74 Å². The minimum atomic E-state index is -3.88. The Labute approximate surface area is 177 Å². The number of nitrogens with zero attached hydrogens (tertiary/aromatic N) is 3. The molecule has 0 spiro atoms. The topological polar surface area (TPSA) is 72.4 Å². The van der Waals surface area contributed by atoms with E-state index >= 15 is 0 Å². The van der Waals surface area contributed by atoms with Crippen molar-refractivity contribution >= 4 is 49.0 Å². The van der Waals surface area contributed by atoms with Crippen LogP contribution in [0.2, 0.25) is 5.02 Å². The molecule has 2 aromatic heterocycles. The van der Waals surface area contributed by atoms with Crippen LogP contribution >= 0.6 is 22.9 Å². The number of methoxy groups -OCH3 is 1. The van der Waals surface area contributed by atoms with Crippen molar-refractivity contribution < 1.29 is 13.2 Å². The molecular weight excluding hydrogens is 430 g/mol. The number of sulfonamides is 1. The highest BCUT2D eigenvalue weighted by Crippen LogP contribution is 2.30. The normalized spacial score (nSPS) is 11.5. The Hall–Kier alpha value is -2.68. The third kappa shape index (κ3) is 3.91. The van der Waals surface area contributed by atoms with E-state index in [4.69, 9.17) is 16.3 Å². The molecule has 0 unspecified atom stereocenters. The number of halogens is 1. The fourth-order valence-electron chi connectivity index (χ4n) is 2.87. The molecule has 2 aromatic carbocycles. The van der Waals surface area contributed by atoms with Crippen LogP contribution in [0.4, 0.5) is 5.13 Å². The van der Waals surface area contributed by atoms with Gasteiger partial charge in [-0.05, 0) is 42.0 Å². The number of anilines is 1. The molecule has 29 heavy (non-hydrogen) atoms. The smallest absolute Gasteiger partial charge is 0.266 e. The van der Waals surface area contributed by atoms with Gasteiger partial charge >= 0.3 is 0 Å². The third-order valence-corrected chi connectivity index (χ3v) is 7.34. The van der Waals surface area contributed by atoms with Crippen molar-refractivity contribution in [3.8, 4) is 5.75 Å². The lowest BCUT2D eigenvalue weighted by Gasteiger charge is -2.22. The van der Waals surface area contributed by atoms with Crippen LogP contribution in [0, 0.1) is 0 Å². The van der Waals surface area contributed by atoms with Crippen LogP contribution in [0.25, 0.3) is 10.9 Å². The van der Waals surface area contributed by atoms with Crippen LogP contribution in [-0.4, -0.2) is 25.5 Å². The van der Waals surface area contributed by atoms with Crippen molar-refractivity contribution in [2.45, 2.75) is 11.4 Å². The summed E-state index contributed by atoms with van der Waals surface area (Å²) in [5.74, 6) is 0.704. The maximum atomic E-state index is 13.5. The molecule has 0 N–H and O–H groups in total. The highest BCUT2D eigenvalue weighted by atomic mass is 35.5. The summed E-state index contributed by atoms with van der Waals surface area (Å²) in [4.78, 5) is 8.59. The number of benzene rings is 2. The number of ether oxygens (including phenoxy) is 1. The van der Waals surface area contributed by atoms with E-state index in [9.17, 15) is 8.42 Å². The van der Waals surface area contributed by atoms with Crippen LogP contribution in [0.1, 0.15) is 5.56 Å². The van der Waals surface area contributed by atoms with Gasteiger partial charge in [0.05, 0.1) is 29.1 Å². The van der Waals surface area contributed by atoms with Crippen molar-refractivity contribution in [3.05, 3.63) is 76.9 Å². The van der Waals surface area contributed by atoms with Gasteiger partial charge in [-0.3, -0.25) is 4.98 Å². The van der Waals surface area contributed by atoms with Crippen LogP contribution < -0.4 is 9.04 Å². The molecule has 9 heteroatoms. The highest BCUT2D eigenvalue weighted by Gasteiger charge is 2.27. The fraction of sp³-hybridized carbons (Fsp3) is 0.100. The Balaban J connectivity index is 1.76. The number of thiazole rings is 1. The molecule has 0 fully saturated rings. The summed E-state index contributed by atoms with van der Waals surface area (Å²) in [5, 5.41) is 3.35. The van der Waals surface area contributed by atoms with Crippen molar-refractivity contribution in [1.82, 2.24) is 9.97 Å². The van der Waals surface area contributed by atoms with E-state index in [1.165, 1.54) is 21.7 Å². The summed E-state index contributed by atoms with van der Waals surface area (Å²) in [5.41, 5.74) is 1.33. The zero-order valence-electron chi connectivity index (χ0n) is 15.3. The second-order valence-electron chi connectivity index (χ2n) is 6.15. The number of fused-ring (bicyclic) bond motifs is 1. The van der Waals surface area contributed by atoms with Crippen molar-refractivity contribution in [1.29, 1.82) is 0 Å². The molecule has 2 heterocycles. The van der Waals surface area contributed by atoms with Crippen LogP contribution in [0.15, 0.2) is 71.2 Å². The first kappa shape index (κ1) is 19.6. The molecule has 0 amide bonds. The average Bonchev–Trinajstić information content (AvgIpc) is 3.26. The zero-order valence-corrected chi connectivity index (χ0v) is 17.7. The second-order valence-corrected chi connectivity index (χ2v) is 9.29. The minimum Gasteiger partial charge on any atom is -0.497 e. The van der Waals surface area contributed by atoms with E-state index in [-0.39, 0.29) is 11.4 Å². The molecule has 0 aliphatic carbocycles. The first-order chi connectivity index (χ1) is 14.0. The molecule has 0 aliphatic heterocycles. The van der Waals surface area contributed by atoms with Gasteiger partial charge in [-0.2, -0.15) is 0 Å². The Kier molecular flexibility index (Phi) is 5.40. The van der Waals surface area contributed by atoms with Gasteiger partial charge in [0.25, 0.3) is 10.0 Å². The predicted octanol–water partition coefficient (Wildman–Crippen LogP) is 4.75. The molecule has 0 atom stereocenters. The standard InChI is InChI=1S/C20H16ClN3O3S2/c1-27-15-4-2-14(3-5-15)13-24(20-23-10-11-28-20)29(25,26)16-6-7-17-18(21)8-9-22-19(17)12-16/h2-12H,13H2,1H3. The first-order valence-corrected chi connectivity index (χ1v) is 11.3. The van der Waals surface area contributed by atoms with E-state index in [1.807, 2.05) is 12.1 Å². The van der Waals surface area contributed by atoms with E-state index in [1.54, 1.807) is 55.2 Å². The number of hydrogen-bond donors (Lipinski definition) is 0. The van der Waals surface area contributed by atoms with Crippen LogP contribution in [0.5, 0.6) is 5.75 Å². The Morgan fingerprint density at radius 1 is 1.07 bits per heavy atom. The lowest BCUT2D eigenvalue weighted by molar-refractivity contribution is 0.414. The van der Waals surface area contributed by atoms with E-state index in [0.29, 0.717) is 26.8 Å². The van der Waals surface area contributed by atoms with Gasteiger partial charge in [0.2, 0.25) is 0 Å². The minimum absolute atomic E-state index is 0.128. The summed E-state index contributed by atoms with van der Waals surface area (Å²) in [6.45, 7) is 0.140. The van der Waals surface area contributed by atoms with Gasteiger partial charge in [-0.1, -0.05) is 23.7 Å². The maximum absolute atomic E-state index is 13.5. The highest BCUT2D eigenvalue weighted by molar-refractivity contribution is 7.93. The summed E-state index contributed by atoms with van der Waals surface area (Å²) in [6.07, 6.45) is 3.13. The summed E-state index contributed by atoms with van der Waals surface area (Å²) >= 11 is 7.44. The van der Waals surface area contributed by atoms with Gasteiger partial charge in [-0.25, -0.2) is 17.7 Å². The van der Waals surface area contributed by atoms with Gasteiger partial charge in [0.15, 0.2) is 5.13 Å².